The van der Waals surface area contributed by atoms with Crippen molar-refractivity contribution in [2.45, 2.75) is 46.5 Å². The summed E-state index contributed by atoms with van der Waals surface area (Å²) in [5, 5.41) is 1.30. The minimum atomic E-state index is -0.000127. The Morgan fingerprint density at radius 2 is 1.57 bits per heavy atom. The van der Waals surface area contributed by atoms with Gasteiger partial charge in [0.2, 0.25) is 0 Å². The summed E-state index contributed by atoms with van der Waals surface area (Å²) in [5.74, 6) is 0.596. The van der Waals surface area contributed by atoms with E-state index in [-0.39, 0.29) is 5.41 Å². The predicted molar refractivity (Wildman–Crippen MR) is 128 cm³/mol. The smallest absolute Gasteiger partial charge is 0.0715 e. The van der Waals surface area contributed by atoms with Gasteiger partial charge in [-0.15, -0.1) is 0 Å². The van der Waals surface area contributed by atoms with Crippen molar-refractivity contribution in [3.63, 3.8) is 0 Å². The second-order valence-corrected chi connectivity index (χ2v) is 9.72. The van der Waals surface area contributed by atoms with E-state index in [1.807, 2.05) is 0 Å². The van der Waals surface area contributed by atoms with Crippen LogP contribution in [0.2, 0.25) is 0 Å². The molecule has 3 aromatic carbocycles. The van der Waals surface area contributed by atoms with E-state index in [4.69, 9.17) is 4.98 Å². The minimum Gasteiger partial charge on any atom is -0.248 e. The topological polar surface area (TPSA) is 12.9 Å². The fourth-order valence-electron chi connectivity index (χ4n) is 4.97. The molecule has 1 heterocycles. The number of aryl methyl sites for hydroxylation is 1. The molecule has 0 radical (unpaired) electrons. The number of pyridine rings is 1. The van der Waals surface area contributed by atoms with Crippen LogP contribution in [0.25, 0.3) is 33.3 Å². The van der Waals surface area contributed by atoms with Gasteiger partial charge in [-0.25, -0.2) is 4.98 Å². The maximum absolute atomic E-state index is 5.15. The number of fused-ring (bicyclic) bond motifs is 4. The normalized spacial score (nSPS) is 14.2. The van der Waals surface area contributed by atoms with Crippen molar-refractivity contribution in [1.82, 2.24) is 4.98 Å². The molecule has 1 heteroatoms. The van der Waals surface area contributed by atoms with Crippen molar-refractivity contribution in [1.29, 1.82) is 0 Å². The Labute approximate surface area is 179 Å². The highest BCUT2D eigenvalue weighted by Gasteiger charge is 2.35. The molecule has 0 bridgehead atoms. The lowest BCUT2D eigenvalue weighted by atomic mass is 9.82. The third-order valence-electron chi connectivity index (χ3n) is 6.57. The zero-order valence-electron chi connectivity index (χ0n) is 18.6. The molecule has 0 unspecified atom stereocenters. The molecule has 0 saturated carbocycles. The molecule has 0 spiro atoms. The average Bonchev–Trinajstić information content (AvgIpc) is 2.94. The van der Waals surface area contributed by atoms with Crippen LogP contribution in [0.15, 0.2) is 66.7 Å². The van der Waals surface area contributed by atoms with E-state index in [0.717, 1.165) is 17.6 Å². The van der Waals surface area contributed by atoms with Crippen molar-refractivity contribution in [2.24, 2.45) is 5.92 Å². The predicted octanol–water partition coefficient (Wildman–Crippen LogP) is 7.72. The maximum atomic E-state index is 5.15. The molecule has 1 aliphatic rings. The van der Waals surface area contributed by atoms with Gasteiger partial charge in [-0.05, 0) is 65.3 Å². The first-order valence-electron chi connectivity index (χ1n) is 11.0. The number of nitrogens with zero attached hydrogens (tertiary/aromatic N) is 1. The van der Waals surface area contributed by atoms with E-state index < -0.39 is 0 Å². The lowest BCUT2D eigenvalue weighted by Crippen LogP contribution is -2.15. The van der Waals surface area contributed by atoms with E-state index >= 15 is 0 Å². The van der Waals surface area contributed by atoms with Crippen LogP contribution in [-0.2, 0) is 11.8 Å². The molecule has 1 aliphatic carbocycles. The summed E-state index contributed by atoms with van der Waals surface area (Å²) < 4.78 is 0. The monoisotopic (exact) mass is 391 g/mol. The van der Waals surface area contributed by atoms with Crippen molar-refractivity contribution in [2.75, 3.05) is 0 Å². The van der Waals surface area contributed by atoms with Gasteiger partial charge in [-0.1, -0.05) is 81.8 Å². The fourth-order valence-corrected chi connectivity index (χ4v) is 4.97. The molecular formula is C29H29N. The summed E-state index contributed by atoms with van der Waals surface area (Å²) in [7, 11) is 0. The van der Waals surface area contributed by atoms with Gasteiger partial charge in [-0.3, -0.25) is 0 Å². The molecule has 1 aromatic heterocycles. The highest BCUT2D eigenvalue weighted by atomic mass is 14.7. The standard InChI is InChI=1S/C29H29N/c1-18(2)14-21-15-27(20-12-10-19(3)11-13-20)30-28-17-26-24(16-23(21)28)22-8-6-7-9-25(22)29(26,4)5/h6-13,15-18H,14H2,1-5H3. The molecule has 0 amide bonds. The second kappa shape index (κ2) is 6.80. The first-order chi connectivity index (χ1) is 14.3. The van der Waals surface area contributed by atoms with Gasteiger partial charge in [0, 0.05) is 16.4 Å². The molecule has 0 atom stereocenters. The Kier molecular flexibility index (Phi) is 4.32. The Bertz CT molecular complexity index is 1260. The van der Waals surface area contributed by atoms with Gasteiger partial charge in [0.1, 0.15) is 0 Å². The number of rotatable bonds is 3. The van der Waals surface area contributed by atoms with Gasteiger partial charge >= 0.3 is 0 Å². The minimum absolute atomic E-state index is 0.000127. The lowest BCUT2D eigenvalue weighted by molar-refractivity contribution is 0.649. The number of hydrogen-bond acceptors (Lipinski definition) is 1. The van der Waals surface area contributed by atoms with Crippen LogP contribution in [0, 0.1) is 12.8 Å². The zero-order valence-corrected chi connectivity index (χ0v) is 18.6. The molecule has 30 heavy (non-hydrogen) atoms. The molecule has 150 valence electrons. The largest absolute Gasteiger partial charge is 0.248 e. The Balaban J connectivity index is 1.79. The van der Waals surface area contributed by atoms with Gasteiger partial charge in [0.25, 0.3) is 0 Å². The second-order valence-electron chi connectivity index (χ2n) is 9.72. The Morgan fingerprint density at radius 3 is 2.30 bits per heavy atom. The van der Waals surface area contributed by atoms with Crippen LogP contribution < -0.4 is 0 Å². The molecule has 0 saturated heterocycles. The first kappa shape index (κ1) is 19.1. The SMILES string of the molecule is Cc1ccc(-c2cc(CC(C)C)c3cc4c(cc3n2)C(C)(C)c2ccccc2-4)cc1. The van der Waals surface area contributed by atoms with Crippen LogP contribution in [-0.4, -0.2) is 4.98 Å². The van der Waals surface area contributed by atoms with Crippen LogP contribution in [0.1, 0.15) is 49.9 Å². The fraction of sp³-hybridized carbons (Fsp3) is 0.276. The van der Waals surface area contributed by atoms with Crippen LogP contribution >= 0.6 is 0 Å². The van der Waals surface area contributed by atoms with E-state index in [1.165, 1.54) is 44.3 Å². The summed E-state index contributed by atoms with van der Waals surface area (Å²) in [4.78, 5) is 5.15. The third kappa shape index (κ3) is 2.96. The Morgan fingerprint density at radius 1 is 0.833 bits per heavy atom. The van der Waals surface area contributed by atoms with Crippen LogP contribution in [0.3, 0.4) is 0 Å². The summed E-state index contributed by atoms with van der Waals surface area (Å²) >= 11 is 0. The lowest BCUT2D eigenvalue weighted by Gasteiger charge is -2.22. The molecule has 0 N–H and O–H groups in total. The summed E-state index contributed by atoms with van der Waals surface area (Å²) in [6, 6.07) is 24.7. The number of benzene rings is 3. The molecule has 4 aromatic rings. The molecule has 5 rings (SSSR count). The van der Waals surface area contributed by atoms with E-state index in [0.29, 0.717) is 5.92 Å². The van der Waals surface area contributed by atoms with Gasteiger partial charge in [-0.2, -0.15) is 0 Å². The molecule has 1 nitrogen and oxygen atoms in total. The summed E-state index contributed by atoms with van der Waals surface area (Å²) in [5.41, 5.74) is 11.6. The van der Waals surface area contributed by atoms with Gasteiger partial charge < -0.3 is 0 Å². The number of hydrogen-bond donors (Lipinski definition) is 0. The number of aromatic nitrogens is 1. The van der Waals surface area contributed by atoms with Crippen molar-refractivity contribution in [3.05, 3.63) is 89.0 Å². The summed E-state index contributed by atoms with van der Waals surface area (Å²) in [6.45, 7) is 11.4. The highest BCUT2D eigenvalue weighted by Crippen LogP contribution is 2.50. The van der Waals surface area contributed by atoms with Crippen molar-refractivity contribution < 1.29 is 0 Å². The average molecular weight is 392 g/mol. The van der Waals surface area contributed by atoms with Crippen LogP contribution in [0.4, 0.5) is 0 Å². The highest BCUT2D eigenvalue weighted by molar-refractivity contribution is 5.94. The van der Waals surface area contributed by atoms with Gasteiger partial charge in [0.15, 0.2) is 0 Å². The van der Waals surface area contributed by atoms with E-state index in [2.05, 4.69) is 101 Å². The van der Waals surface area contributed by atoms with Crippen molar-refractivity contribution >= 4 is 10.9 Å². The van der Waals surface area contributed by atoms with E-state index in [1.54, 1.807) is 0 Å². The van der Waals surface area contributed by atoms with E-state index in [9.17, 15) is 0 Å². The first-order valence-corrected chi connectivity index (χ1v) is 11.0. The molecule has 0 aliphatic heterocycles. The maximum Gasteiger partial charge on any atom is 0.0715 e. The quantitative estimate of drug-likeness (QED) is 0.348. The third-order valence-corrected chi connectivity index (χ3v) is 6.57. The Hall–Kier alpha value is -2.93. The van der Waals surface area contributed by atoms with Gasteiger partial charge in [0.05, 0.1) is 11.2 Å². The van der Waals surface area contributed by atoms with Crippen molar-refractivity contribution in [3.8, 4) is 22.4 Å². The molecular weight excluding hydrogens is 362 g/mol. The zero-order chi connectivity index (χ0) is 21.0. The summed E-state index contributed by atoms with van der Waals surface area (Å²) in [6.07, 6.45) is 1.06. The molecule has 0 fully saturated rings. The van der Waals surface area contributed by atoms with Crippen LogP contribution in [0.5, 0.6) is 0 Å².